The van der Waals surface area contributed by atoms with Crippen LogP contribution in [0.3, 0.4) is 0 Å². The van der Waals surface area contributed by atoms with Crippen LogP contribution < -0.4 is 0 Å². The van der Waals surface area contributed by atoms with Gasteiger partial charge in [-0.05, 0) is 0 Å². The van der Waals surface area contributed by atoms with E-state index < -0.39 is 35.7 Å². The van der Waals surface area contributed by atoms with Crippen molar-refractivity contribution in [1.29, 1.82) is 0 Å². The molecule has 94 valence electrons. The van der Waals surface area contributed by atoms with Crippen molar-refractivity contribution in [3.63, 3.8) is 0 Å². The van der Waals surface area contributed by atoms with Crippen LogP contribution in [0.4, 0.5) is 26.3 Å². The predicted molar refractivity (Wildman–Crippen MR) is 39.8 cm³/mol. The molecule has 0 atom stereocenters. The highest BCUT2D eigenvalue weighted by Crippen LogP contribution is 2.69. The van der Waals surface area contributed by atoms with E-state index in [2.05, 4.69) is 11.6 Å². The van der Waals surface area contributed by atoms with Gasteiger partial charge in [0.05, 0.1) is 0 Å². The summed E-state index contributed by atoms with van der Waals surface area (Å²) in [6.45, 7) is 0. The summed E-state index contributed by atoms with van der Waals surface area (Å²) in [4.78, 5) is 16.6. The normalized spacial score (nSPS) is 27.3. The van der Waals surface area contributed by atoms with Crippen molar-refractivity contribution in [1.82, 2.24) is 0 Å². The maximum atomic E-state index is 12.8. The Morgan fingerprint density at radius 1 is 1.00 bits per heavy atom. The number of alkyl halides is 6. The van der Waals surface area contributed by atoms with Crippen LogP contribution in [0.5, 0.6) is 0 Å². The molecule has 0 heterocycles. The third-order valence-corrected chi connectivity index (χ3v) is 3.51. The largest absolute Gasteiger partial charge is 0.381 e. The molecule has 0 saturated heterocycles. The summed E-state index contributed by atoms with van der Waals surface area (Å²) in [6.07, 6.45) is 0. The molecule has 0 aromatic carbocycles. The molecular weight excluding hydrogens is 288 g/mol. The molecule has 0 spiro atoms. The van der Waals surface area contributed by atoms with Gasteiger partial charge in [0.25, 0.3) is 0 Å². The molecule has 0 fully saturated rings. The van der Waals surface area contributed by atoms with Gasteiger partial charge in [0.15, 0.2) is 0 Å². The number of rotatable bonds is 1. The molecule has 1 aliphatic rings. The molecule has 2 N–H and O–H groups in total. The molecule has 16 heavy (non-hydrogen) atoms. The van der Waals surface area contributed by atoms with Crippen LogP contribution in [0.1, 0.15) is 0 Å². The average molecular weight is 290 g/mol. The first-order valence-corrected chi connectivity index (χ1v) is 5.37. The Kier molecular flexibility index (Phi) is 2.73. The van der Waals surface area contributed by atoms with Gasteiger partial charge >= 0.3 is 25.4 Å². The second-order valence-electron chi connectivity index (χ2n) is 2.93. The number of hydrogen-bond acceptors (Lipinski definition) is 1. The summed E-state index contributed by atoms with van der Waals surface area (Å²) in [7, 11) is -6.01. The lowest BCUT2D eigenvalue weighted by Gasteiger charge is -2.24. The Balaban J connectivity index is 3.62. The summed E-state index contributed by atoms with van der Waals surface area (Å²) in [6, 6.07) is 0. The fourth-order valence-corrected chi connectivity index (χ4v) is 2.55. The molecule has 0 saturated carbocycles. The van der Waals surface area contributed by atoms with E-state index in [1.165, 1.54) is 0 Å². The van der Waals surface area contributed by atoms with Gasteiger partial charge in [-0.25, -0.2) is 0 Å². The summed E-state index contributed by atoms with van der Waals surface area (Å²) in [5.74, 6) is -17.2. The van der Waals surface area contributed by atoms with E-state index in [4.69, 9.17) is 9.79 Å². The van der Waals surface area contributed by atoms with Crippen LogP contribution in [0.15, 0.2) is 10.3 Å². The van der Waals surface area contributed by atoms with Crippen molar-refractivity contribution in [3.05, 3.63) is 10.3 Å². The van der Waals surface area contributed by atoms with Crippen LogP contribution in [-0.2, 0) is 4.57 Å². The van der Waals surface area contributed by atoms with Crippen molar-refractivity contribution < 1.29 is 40.7 Å². The molecule has 1 rings (SSSR count). The molecule has 0 radical (unpaired) electrons. The molecule has 0 bridgehead atoms. The third kappa shape index (κ3) is 1.42. The average Bonchev–Trinajstić information content (AvgIpc) is 2.06. The van der Waals surface area contributed by atoms with Crippen molar-refractivity contribution in [2.75, 3.05) is 0 Å². The van der Waals surface area contributed by atoms with Crippen LogP contribution >= 0.6 is 19.2 Å². The molecule has 0 unspecified atom stereocenters. The number of allylic oxidation sites excluding steroid dienone is 2. The number of hydrogen-bond donors (Lipinski definition) is 2. The third-order valence-electron chi connectivity index (χ3n) is 1.86. The summed E-state index contributed by atoms with van der Waals surface area (Å²) in [5, 5.41) is -5.26. The molecule has 0 aliphatic heterocycles. The Morgan fingerprint density at radius 2 is 1.38 bits per heavy atom. The molecule has 1 aliphatic carbocycles. The Labute approximate surface area is 88.9 Å². The lowest BCUT2D eigenvalue weighted by atomic mass is 10.2. The van der Waals surface area contributed by atoms with E-state index in [0.29, 0.717) is 0 Å². The Morgan fingerprint density at radius 3 is 1.50 bits per heavy atom. The van der Waals surface area contributed by atoms with Crippen LogP contribution in [-0.4, -0.2) is 27.6 Å². The zero-order chi connectivity index (χ0) is 13.2. The second-order valence-corrected chi connectivity index (χ2v) is 4.84. The van der Waals surface area contributed by atoms with Gasteiger partial charge < -0.3 is 9.79 Å². The fourth-order valence-electron chi connectivity index (χ4n) is 1.08. The van der Waals surface area contributed by atoms with Crippen LogP contribution in [0.2, 0.25) is 0 Å². The minimum Gasteiger partial charge on any atom is -0.321 e. The van der Waals surface area contributed by atoms with Gasteiger partial charge in [0, 0.05) is 0 Å². The quantitative estimate of drug-likeness (QED) is 0.576. The van der Waals surface area contributed by atoms with Gasteiger partial charge in [0.1, 0.15) is 10.3 Å². The monoisotopic (exact) mass is 290 g/mol. The van der Waals surface area contributed by atoms with E-state index in [9.17, 15) is 30.9 Å². The molecule has 0 aromatic heterocycles. The molecule has 11 heteroatoms. The van der Waals surface area contributed by atoms with Gasteiger partial charge in [0.2, 0.25) is 0 Å². The summed E-state index contributed by atoms with van der Waals surface area (Å²) >= 11 is 4.50. The molecule has 0 aromatic rings. The zero-order valence-electron chi connectivity index (χ0n) is 6.90. The van der Waals surface area contributed by atoms with Crippen LogP contribution in [0, 0.1) is 0 Å². The highest BCUT2D eigenvalue weighted by atomic mass is 35.5. The van der Waals surface area contributed by atoms with E-state index in [-0.39, 0.29) is 0 Å². The van der Waals surface area contributed by atoms with Crippen molar-refractivity contribution in [3.8, 4) is 0 Å². The highest BCUT2D eigenvalue weighted by molar-refractivity contribution is 7.56. The fraction of sp³-hybridized carbons (Fsp3) is 0.600. The predicted octanol–water partition coefficient (Wildman–Crippen LogP) is 2.53. The first-order chi connectivity index (χ1) is 6.78. The van der Waals surface area contributed by atoms with Gasteiger partial charge in [-0.15, -0.1) is 0 Å². The highest BCUT2D eigenvalue weighted by Gasteiger charge is 2.82. The second kappa shape index (κ2) is 3.16. The lowest BCUT2D eigenvalue weighted by molar-refractivity contribution is -0.262. The van der Waals surface area contributed by atoms with Crippen molar-refractivity contribution >= 4 is 19.2 Å². The maximum absolute atomic E-state index is 12.8. The molecular formula is C5H2ClF6O3P. The SMILES string of the molecule is O=P(O)(O)C1=C(Cl)C(F)(F)C(F)(F)C1(F)F. The van der Waals surface area contributed by atoms with E-state index in [1.54, 1.807) is 0 Å². The minimum atomic E-state index is -6.01. The van der Waals surface area contributed by atoms with E-state index in [0.717, 1.165) is 0 Å². The van der Waals surface area contributed by atoms with Crippen molar-refractivity contribution in [2.24, 2.45) is 0 Å². The minimum absolute atomic E-state index is 2.52. The van der Waals surface area contributed by atoms with Gasteiger partial charge in [-0.3, -0.25) is 4.57 Å². The topological polar surface area (TPSA) is 57.5 Å². The standard InChI is InChI=1S/C5H2ClF6O3P/c6-1-2(16(13,14)15)4(9,10)5(11,12)3(1,7)8/h(H2,13,14,15). The van der Waals surface area contributed by atoms with E-state index >= 15 is 0 Å². The zero-order valence-corrected chi connectivity index (χ0v) is 8.55. The first-order valence-electron chi connectivity index (χ1n) is 3.38. The maximum Gasteiger partial charge on any atom is 0.381 e. The van der Waals surface area contributed by atoms with E-state index in [1.807, 2.05) is 0 Å². The van der Waals surface area contributed by atoms with Gasteiger partial charge in [-0.1, -0.05) is 11.6 Å². The summed E-state index contributed by atoms with van der Waals surface area (Å²) in [5.41, 5.74) is 0. The molecule has 0 amide bonds. The Hall–Kier alpha value is -0.240. The van der Waals surface area contributed by atoms with Crippen LogP contribution in [0.25, 0.3) is 0 Å². The van der Waals surface area contributed by atoms with Gasteiger partial charge in [-0.2, -0.15) is 26.3 Å². The lowest BCUT2D eigenvalue weighted by Crippen LogP contribution is -2.48. The number of halogens is 7. The first kappa shape index (κ1) is 13.8. The Bertz CT molecular complexity index is 412. The summed E-state index contributed by atoms with van der Waals surface area (Å²) < 4.78 is 86.3. The smallest absolute Gasteiger partial charge is 0.321 e. The van der Waals surface area contributed by atoms with Crippen molar-refractivity contribution in [2.45, 2.75) is 17.8 Å². The molecule has 3 nitrogen and oxygen atoms in total.